The highest BCUT2D eigenvalue weighted by Crippen LogP contribution is 2.13. The number of carbonyl (C=O) groups is 1. The maximum Gasteiger partial charge on any atom is 0.291 e. The lowest BCUT2D eigenvalue weighted by atomic mass is 10.1. The summed E-state index contributed by atoms with van der Waals surface area (Å²) in [5.74, 6) is 0.269. The molecule has 0 atom stereocenters. The van der Waals surface area contributed by atoms with Gasteiger partial charge in [-0.25, -0.2) is 9.50 Å². The van der Waals surface area contributed by atoms with Crippen LogP contribution in [0.3, 0.4) is 0 Å². The monoisotopic (exact) mass is 380 g/mol. The minimum atomic E-state index is -0.302. The molecule has 0 aliphatic carbocycles. The van der Waals surface area contributed by atoms with Crippen LogP contribution in [0.1, 0.15) is 33.1 Å². The molecule has 0 spiro atoms. The highest BCUT2D eigenvalue weighted by Gasteiger charge is 2.16. The molecular formula is C20H24N6O2. The maximum absolute atomic E-state index is 12.6. The Labute approximate surface area is 163 Å². The van der Waals surface area contributed by atoms with E-state index < -0.39 is 0 Å². The second kappa shape index (κ2) is 8.04. The van der Waals surface area contributed by atoms with Gasteiger partial charge < -0.3 is 10.1 Å². The van der Waals surface area contributed by atoms with E-state index in [0.717, 1.165) is 49.8 Å². The molecule has 1 aliphatic rings. The molecule has 3 aromatic rings. The third-order valence-corrected chi connectivity index (χ3v) is 4.88. The van der Waals surface area contributed by atoms with Crippen LogP contribution in [-0.4, -0.2) is 56.7 Å². The molecule has 1 fully saturated rings. The van der Waals surface area contributed by atoms with Crippen molar-refractivity contribution < 1.29 is 9.53 Å². The smallest absolute Gasteiger partial charge is 0.291 e. The van der Waals surface area contributed by atoms with Crippen molar-refractivity contribution >= 4 is 11.7 Å². The number of nitrogens with zero attached hydrogens (tertiary/aromatic N) is 5. The Bertz CT molecular complexity index is 994. The van der Waals surface area contributed by atoms with Crippen LogP contribution in [0.5, 0.6) is 0 Å². The Balaban J connectivity index is 1.46. The van der Waals surface area contributed by atoms with E-state index in [-0.39, 0.29) is 11.7 Å². The summed E-state index contributed by atoms with van der Waals surface area (Å²) in [5, 5.41) is 7.23. The number of hydrogen-bond donors (Lipinski definition) is 1. The van der Waals surface area contributed by atoms with E-state index in [2.05, 4.69) is 31.3 Å². The first-order valence-corrected chi connectivity index (χ1v) is 9.46. The summed E-state index contributed by atoms with van der Waals surface area (Å²) in [4.78, 5) is 23.5. The van der Waals surface area contributed by atoms with E-state index in [1.54, 1.807) is 4.52 Å². The Morgan fingerprint density at radius 3 is 2.68 bits per heavy atom. The van der Waals surface area contributed by atoms with Crippen molar-refractivity contribution in [3.8, 4) is 0 Å². The fraction of sp³-hybridized carbons (Fsp3) is 0.400. The van der Waals surface area contributed by atoms with Crippen LogP contribution in [0.15, 0.2) is 30.3 Å². The third-order valence-electron chi connectivity index (χ3n) is 4.88. The first kappa shape index (κ1) is 18.5. The molecule has 8 heteroatoms. The predicted molar refractivity (Wildman–Crippen MR) is 104 cm³/mol. The largest absolute Gasteiger partial charge is 0.379 e. The molecule has 8 nitrogen and oxygen atoms in total. The van der Waals surface area contributed by atoms with Crippen molar-refractivity contribution in [1.82, 2.24) is 29.8 Å². The molecule has 1 saturated heterocycles. The molecule has 0 unspecified atom stereocenters. The van der Waals surface area contributed by atoms with Gasteiger partial charge >= 0.3 is 0 Å². The van der Waals surface area contributed by atoms with Crippen LogP contribution in [0, 0.1) is 13.8 Å². The quantitative estimate of drug-likeness (QED) is 0.722. The van der Waals surface area contributed by atoms with Crippen LogP contribution in [0.4, 0.5) is 0 Å². The number of aromatic nitrogens is 4. The summed E-state index contributed by atoms with van der Waals surface area (Å²) in [6, 6.07) is 10.1. The van der Waals surface area contributed by atoms with E-state index in [0.29, 0.717) is 12.3 Å². The Morgan fingerprint density at radius 2 is 1.89 bits per heavy atom. The second-order valence-electron chi connectivity index (χ2n) is 7.03. The molecule has 2 aromatic heterocycles. The topological polar surface area (TPSA) is 84.7 Å². The molecule has 3 heterocycles. The van der Waals surface area contributed by atoms with Gasteiger partial charge in [-0.15, -0.1) is 5.10 Å². The summed E-state index contributed by atoms with van der Waals surface area (Å²) in [7, 11) is 0. The van der Waals surface area contributed by atoms with E-state index in [9.17, 15) is 4.79 Å². The molecule has 1 N–H and O–H groups in total. The lowest BCUT2D eigenvalue weighted by molar-refractivity contribution is 0.0340. The number of aryl methyl sites for hydroxylation is 2. The minimum Gasteiger partial charge on any atom is -0.379 e. The number of hydrogen-bond acceptors (Lipinski definition) is 6. The molecule has 28 heavy (non-hydrogen) atoms. The van der Waals surface area contributed by atoms with Crippen molar-refractivity contribution in [3.63, 3.8) is 0 Å². The second-order valence-corrected chi connectivity index (χ2v) is 7.03. The molecule has 1 amide bonds. The number of rotatable bonds is 5. The van der Waals surface area contributed by atoms with Gasteiger partial charge in [0.2, 0.25) is 5.82 Å². The molecule has 0 radical (unpaired) electrons. The first-order valence-electron chi connectivity index (χ1n) is 9.46. The molecule has 0 bridgehead atoms. The van der Waals surface area contributed by atoms with Crippen molar-refractivity contribution in [2.24, 2.45) is 0 Å². The number of fused-ring (bicyclic) bond motifs is 1. The number of amides is 1. The normalized spacial score (nSPS) is 15.1. The van der Waals surface area contributed by atoms with E-state index >= 15 is 0 Å². The lowest BCUT2D eigenvalue weighted by Crippen LogP contribution is -2.36. The predicted octanol–water partition coefficient (Wildman–Crippen LogP) is 1.50. The van der Waals surface area contributed by atoms with Gasteiger partial charge in [0.05, 0.1) is 13.2 Å². The highest BCUT2D eigenvalue weighted by atomic mass is 16.5. The van der Waals surface area contributed by atoms with Crippen LogP contribution < -0.4 is 5.32 Å². The van der Waals surface area contributed by atoms with Gasteiger partial charge in [0, 0.05) is 37.6 Å². The van der Waals surface area contributed by atoms with Crippen molar-refractivity contribution in [1.29, 1.82) is 0 Å². The molecule has 0 saturated carbocycles. The maximum atomic E-state index is 12.6. The summed E-state index contributed by atoms with van der Waals surface area (Å²) in [6.45, 7) is 8.49. The van der Waals surface area contributed by atoms with Gasteiger partial charge in [-0.3, -0.25) is 9.69 Å². The van der Waals surface area contributed by atoms with Gasteiger partial charge in [0.15, 0.2) is 0 Å². The number of benzene rings is 1. The molecule has 146 valence electrons. The van der Waals surface area contributed by atoms with Crippen LogP contribution in [0.2, 0.25) is 0 Å². The van der Waals surface area contributed by atoms with Gasteiger partial charge in [-0.05, 0) is 31.0 Å². The minimum absolute atomic E-state index is 0.131. The molecule has 1 aliphatic heterocycles. The summed E-state index contributed by atoms with van der Waals surface area (Å²) in [5.41, 5.74) is 4.04. The average molecular weight is 380 g/mol. The van der Waals surface area contributed by atoms with Crippen molar-refractivity contribution in [3.05, 3.63) is 58.7 Å². The van der Waals surface area contributed by atoms with Crippen molar-refractivity contribution in [2.75, 3.05) is 26.3 Å². The standard InChI is InChI=1S/C20H24N6O2/c1-14-11-15(2)26-20(22-14)23-18(24-26)19(27)21-12-16-5-3-4-6-17(16)13-25-7-9-28-10-8-25/h3-6,11H,7-10,12-13H2,1-2H3,(H,21,27). The van der Waals surface area contributed by atoms with Crippen LogP contribution in [-0.2, 0) is 17.8 Å². The number of ether oxygens (including phenoxy) is 1. The van der Waals surface area contributed by atoms with Gasteiger partial charge in [0.1, 0.15) is 0 Å². The van der Waals surface area contributed by atoms with E-state index in [1.807, 2.05) is 38.1 Å². The number of morpholine rings is 1. The Hall–Kier alpha value is -2.84. The summed E-state index contributed by atoms with van der Waals surface area (Å²) < 4.78 is 7.01. The Kier molecular flexibility index (Phi) is 5.31. The Morgan fingerprint density at radius 1 is 1.14 bits per heavy atom. The zero-order chi connectivity index (χ0) is 19.5. The zero-order valence-electron chi connectivity index (χ0n) is 16.2. The van der Waals surface area contributed by atoms with E-state index in [4.69, 9.17) is 4.74 Å². The zero-order valence-corrected chi connectivity index (χ0v) is 16.2. The van der Waals surface area contributed by atoms with Gasteiger partial charge in [-0.1, -0.05) is 24.3 Å². The fourth-order valence-corrected chi connectivity index (χ4v) is 3.40. The highest BCUT2D eigenvalue weighted by molar-refractivity contribution is 5.90. The summed E-state index contributed by atoms with van der Waals surface area (Å²) in [6.07, 6.45) is 0. The molecule has 1 aromatic carbocycles. The molecule has 4 rings (SSSR count). The summed E-state index contributed by atoms with van der Waals surface area (Å²) >= 11 is 0. The van der Waals surface area contributed by atoms with Crippen LogP contribution in [0.25, 0.3) is 5.78 Å². The SMILES string of the molecule is Cc1cc(C)n2nc(C(=O)NCc3ccccc3CN3CCOCC3)nc2n1. The average Bonchev–Trinajstić information content (AvgIpc) is 3.12. The van der Waals surface area contributed by atoms with Crippen molar-refractivity contribution in [2.45, 2.75) is 26.9 Å². The van der Waals surface area contributed by atoms with Gasteiger partial charge in [-0.2, -0.15) is 4.98 Å². The lowest BCUT2D eigenvalue weighted by Gasteiger charge is -2.27. The fourth-order valence-electron chi connectivity index (χ4n) is 3.40. The first-order chi connectivity index (χ1) is 13.6. The number of carbonyl (C=O) groups excluding carboxylic acids is 1. The number of nitrogens with one attached hydrogen (secondary N) is 1. The van der Waals surface area contributed by atoms with E-state index in [1.165, 1.54) is 5.56 Å². The van der Waals surface area contributed by atoms with Gasteiger partial charge in [0.25, 0.3) is 11.7 Å². The van der Waals surface area contributed by atoms with Crippen LogP contribution >= 0.6 is 0 Å². The third kappa shape index (κ3) is 4.02. The molecular weight excluding hydrogens is 356 g/mol.